The molecule has 0 amide bonds. The summed E-state index contributed by atoms with van der Waals surface area (Å²) in [5.41, 5.74) is -3.60. The van der Waals surface area contributed by atoms with E-state index in [0.29, 0.717) is 12.1 Å². The first-order chi connectivity index (χ1) is 11.0. The van der Waals surface area contributed by atoms with Crippen LogP contribution in [-0.2, 0) is 6.18 Å². The van der Waals surface area contributed by atoms with Crippen LogP contribution >= 0.6 is 23.2 Å². The molecule has 0 atom stereocenters. The van der Waals surface area contributed by atoms with Crippen LogP contribution in [0.5, 0.6) is 0 Å². The summed E-state index contributed by atoms with van der Waals surface area (Å²) in [5.74, 6) is -1.51. The van der Waals surface area contributed by atoms with Crippen LogP contribution in [0.2, 0.25) is 10.0 Å². The van der Waals surface area contributed by atoms with Gasteiger partial charge in [-0.15, -0.1) is 0 Å². The molecule has 0 radical (unpaired) electrons. The van der Waals surface area contributed by atoms with Crippen molar-refractivity contribution in [2.24, 2.45) is 0 Å². The Labute approximate surface area is 141 Å². The number of hydrogen-bond donors (Lipinski definition) is 1. The van der Waals surface area contributed by atoms with Crippen molar-refractivity contribution in [3.63, 3.8) is 0 Å². The number of halogens is 5. The molecule has 0 fully saturated rings. The standard InChI is InChI=1S/C13H5Cl2F3N2O4/c14-6-1-2-8(19-11(6)12(21)22)10-7(15)3-5(13(16,17)18)4-9(10)20(23)24/h1-4H,(H,21,22). The van der Waals surface area contributed by atoms with E-state index < -0.39 is 44.6 Å². The van der Waals surface area contributed by atoms with Crippen molar-refractivity contribution in [1.29, 1.82) is 0 Å². The predicted molar refractivity (Wildman–Crippen MR) is 78.3 cm³/mol. The van der Waals surface area contributed by atoms with Crippen molar-refractivity contribution >= 4 is 34.9 Å². The maximum atomic E-state index is 12.8. The Kier molecular flexibility index (Phi) is 4.68. The van der Waals surface area contributed by atoms with Crippen molar-refractivity contribution in [3.8, 4) is 11.3 Å². The van der Waals surface area contributed by atoms with Gasteiger partial charge in [0.15, 0.2) is 5.69 Å². The first kappa shape index (κ1) is 18.0. The Balaban J connectivity index is 2.77. The number of carboxylic acid groups (broad SMARTS) is 1. The zero-order chi connectivity index (χ0) is 18.2. The summed E-state index contributed by atoms with van der Waals surface area (Å²) in [6, 6.07) is 3.03. The monoisotopic (exact) mass is 380 g/mol. The van der Waals surface area contributed by atoms with Crippen LogP contribution < -0.4 is 0 Å². The van der Waals surface area contributed by atoms with Gasteiger partial charge >= 0.3 is 12.1 Å². The first-order valence-electron chi connectivity index (χ1n) is 5.97. The lowest BCUT2D eigenvalue weighted by molar-refractivity contribution is -0.384. The Hall–Kier alpha value is -2.39. The Morgan fingerprint density at radius 3 is 2.33 bits per heavy atom. The van der Waals surface area contributed by atoms with Crippen LogP contribution in [0.3, 0.4) is 0 Å². The van der Waals surface area contributed by atoms with Gasteiger partial charge in [0.05, 0.1) is 31.8 Å². The van der Waals surface area contributed by atoms with E-state index in [9.17, 15) is 28.1 Å². The van der Waals surface area contributed by atoms with Crippen LogP contribution in [0.1, 0.15) is 16.1 Å². The molecule has 0 saturated carbocycles. The third-order valence-corrected chi connectivity index (χ3v) is 3.50. The lowest BCUT2D eigenvalue weighted by Crippen LogP contribution is -2.08. The molecule has 0 saturated heterocycles. The number of benzene rings is 1. The maximum Gasteiger partial charge on any atom is 0.416 e. The van der Waals surface area contributed by atoms with Gasteiger partial charge in [-0.25, -0.2) is 9.78 Å². The number of rotatable bonds is 3. The number of nitrogens with zero attached hydrogens (tertiary/aromatic N) is 2. The second kappa shape index (κ2) is 6.25. The molecule has 6 nitrogen and oxygen atoms in total. The summed E-state index contributed by atoms with van der Waals surface area (Å²) < 4.78 is 38.3. The highest BCUT2D eigenvalue weighted by molar-refractivity contribution is 6.34. The van der Waals surface area contributed by atoms with E-state index in [1.165, 1.54) is 0 Å². The topological polar surface area (TPSA) is 93.3 Å². The molecular formula is C13H5Cl2F3N2O4. The quantitative estimate of drug-likeness (QED) is 0.616. The summed E-state index contributed by atoms with van der Waals surface area (Å²) in [6.45, 7) is 0. The molecule has 2 aromatic rings. The molecule has 0 unspecified atom stereocenters. The van der Waals surface area contributed by atoms with E-state index in [1.807, 2.05) is 0 Å². The molecule has 126 valence electrons. The molecule has 0 spiro atoms. The number of aromatic carboxylic acids is 1. The van der Waals surface area contributed by atoms with E-state index in [0.717, 1.165) is 12.1 Å². The van der Waals surface area contributed by atoms with Gasteiger partial charge in [0.25, 0.3) is 5.69 Å². The minimum Gasteiger partial charge on any atom is -0.476 e. The number of carboxylic acids is 1. The smallest absolute Gasteiger partial charge is 0.416 e. The van der Waals surface area contributed by atoms with Crippen LogP contribution in [0, 0.1) is 10.1 Å². The van der Waals surface area contributed by atoms with E-state index in [4.69, 9.17) is 28.3 Å². The summed E-state index contributed by atoms with van der Waals surface area (Å²) in [4.78, 5) is 24.7. The fraction of sp³-hybridized carbons (Fsp3) is 0.0769. The third kappa shape index (κ3) is 3.41. The van der Waals surface area contributed by atoms with E-state index in [-0.39, 0.29) is 10.7 Å². The minimum absolute atomic E-state index is 0.239. The second-order valence-electron chi connectivity index (χ2n) is 4.44. The second-order valence-corrected chi connectivity index (χ2v) is 5.25. The number of nitro groups is 1. The summed E-state index contributed by atoms with van der Waals surface area (Å²) in [6.07, 6.45) is -4.84. The fourth-order valence-electron chi connectivity index (χ4n) is 1.88. The molecular weight excluding hydrogens is 376 g/mol. The van der Waals surface area contributed by atoms with Crippen molar-refractivity contribution in [3.05, 3.63) is 55.7 Å². The molecule has 11 heteroatoms. The lowest BCUT2D eigenvalue weighted by Gasteiger charge is -2.11. The maximum absolute atomic E-state index is 12.8. The number of aromatic nitrogens is 1. The number of pyridine rings is 1. The van der Waals surface area contributed by atoms with Crippen LogP contribution in [0.4, 0.5) is 18.9 Å². The summed E-state index contributed by atoms with van der Waals surface area (Å²) >= 11 is 11.4. The largest absolute Gasteiger partial charge is 0.476 e. The zero-order valence-electron chi connectivity index (χ0n) is 11.3. The Morgan fingerprint density at radius 2 is 1.83 bits per heavy atom. The Morgan fingerprint density at radius 1 is 1.21 bits per heavy atom. The highest BCUT2D eigenvalue weighted by atomic mass is 35.5. The van der Waals surface area contributed by atoms with Crippen molar-refractivity contribution < 1.29 is 28.0 Å². The normalized spacial score (nSPS) is 11.4. The van der Waals surface area contributed by atoms with Gasteiger partial charge in [-0.05, 0) is 18.2 Å². The Bertz CT molecular complexity index is 856. The summed E-state index contributed by atoms with van der Waals surface area (Å²) in [7, 11) is 0. The molecule has 0 aliphatic heterocycles. The van der Waals surface area contributed by atoms with Crippen molar-refractivity contribution in [2.75, 3.05) is 0 Å². The molecule has 24 heavy (non-hydrogen) atoms. The lowest BCUT2D eigenvalue weighted by atomic mass is 10.0. The first-order valence-corrected chi connectivity index (χ1v) is 6.73. The molecule has 1 aromatic heterocycles. The van der Waals surface area contributed by atoms with Crippen molar-refractivity contribution in [1.82, 2.24) is 4.98 Å². The number of carbonyl (C=O) groups is 1. The molecule has 1 heterocycles. The van der Waals surface area contributed by atoms with Crippen LogP contribution in [0.25, 0.3) is 11.3 Å². The van der Waals surface area contributed by atoms with Crippen LogP contribution in [-0.4, -0.2) is 21.0 Å². The number of alkyl halides is 3. The molecule has 1 aromatic carbocycles. The SMILES string of the molecule is O=C(O)c1nc(-c2c(Cl)cc(C(F)(F)F)cc2[N+](=O)[O-])ccc1Cl. The molecule has 1 N–H and O–H groups in total. The predicted octanol–water partition coefficient (Wildman–Crippen LogP) is 4.68. The highest BCUT2D eigenvalue weighted by Gasteiger charge is 2.35. The average Bonchev–Trinajstić information content (AvgIpc) is 2.45. The molecule has 0 bridgehead atoms. The van der Waals surface area contributed by atoms with Crippen molar-refractivity contribution in [2.45, 2.75) is 6.18 Å². The molecule has 2 rings (SSSR count). The number of nitro benzene ring substituents is 1. The fourth-order valence-corrected chi connectivity index (χ4v) is 2.38. The van der Waals surface area contributed by atoms with Gasteiger partial charge in [-0.3, -0.25) is 10.1 Å². The van der Waals surface area contributed by atoms with Gasteiger partial charge in [0, 0.05) is 6.07 Å². The van der Waals surface area contributed by atoms with E-state index in [2.05, 4.69) is 4.98 Å². The van der Waals surface area contributed by atoms with E-state index >= 15 is 0 Å². The van der Waals surface area contributed by atoms with Gasteiger partial charge in [0.1, 0.15) is 0 Å². The molecule has 0 aliphatic carbocycles. The van der Waals surface area contributed by atoms with Gasteiger partial charge in [-0.2, -0.15) is 13.2 Å². The van der Waals surface area contributed by atoms with Gasteiger partial charge in [0.2, 0.25) is 0 Å². The highest BCUT2D eigenvalue weighted by Crippen LogP contribution is 2.41. The average molecular weight is 381 g/mol. The van der Waals surface area contributed by atoms with E-state index in [1.54, 1.807) is 0 Å². The van der Waals surface area contributed by atoms with Gasteiger partial charge in [-0.1, -0.05) is 23.2 Å². The number of hydrogen-bond acceptors (Lipinski definition) is 4. The summed E-state index contributed by atoms with van der Waals surface area (Å²) in [5, 5.41) is 19.3. The van der Waals surface area contributed by atoms with Crippen LogP contribution in [0.15, 0.2) is 24.3 Å². The zero-order valence-corrected chi connectivity index (χ0v) is 12.8. The van der Waals surface area contributed by atoms with Gasteiger partial charge < -0.3 is 5.11 Å². The molecule has 0 aliphatic rings. The third-order valence-electron chi connectivity index (χ3n) is 2.90. The minimum atomic E-state index is -4.84.